The van der Waals surface area contributed by atoms with Crippen LogP contribution in [0.1, 0.15) is 19.8 Å². The molecule has 2 N–H and O–H groups in total. The third-order valence-electron chi connectivity index (χ3n) is 1.60. The first-order chi connectivity index (χ1) is 5.83. The van der Waals surface area contributed by atoms with Crippen molar-refractivity contribution in [2.24, 2.45) is 15.7 Å². The highest BCUT2D eigenvalue weighted by Gasteiger charge is 2.01. The molecule has 1 aliphatic rings. The normalized spacial score (nSPS) is 18.4. The molecular weight excluding hydrogens is 150 g/mol. The summed E-state index contributed by atoms with van der Waals surface area (Å²) >= 11 is 0. The Morgan fingerprint density at radius 1 is 1.58 bits per heavy atom. The highest BCUT2D eigenvalue weighted by molar-refractivity contribution is 5.93. The first-order valence-corrected chi connectivity index (χ1v) is 3.96. The lowest BCUT2D eigenvalue weighted by atomic mass is 10.1. The van der Waals surface area contributed by atoms with Gasteiger partial charge in [0.25, 0.3) is 0 Å². The van der Waals surface area contributed by atoms with Gasteiger partial charge in [0.2, 0.25) is 0 Å². The van der Waals surface area contributed by atoms with E-state index in [1.54, 1.807) is 12.3 Å². The molecule has 12 heavy (non-hydrogen) atoms. The van der Waals surface area contributed by atoms with Crippen LogP contribution in [0.25, 0.3) is 0 Å². The van der Waals surface area contributed by atoms with Gasteiger partial charge >= 0.3 is 0 Å². The van der Waals surface area contributed by atoms with Crippen LogP contribution in [0.4, 0.5) is 0 Å². The Labute approximate surface area is 72.4 Å². The molecule has 0 aromatic heterocycles. The monoisotopic (exact) mass is 163 g/mol. The molecule has 1 rings (SSSR count). The van der Waals surface area contributed by atoms with Crippen molar-refractivity contribution < 1.29 is 0 Å². The van der Waals surface area contributed by atoms with Crippen molar-refractivity contribution in [3.05, 3.63) is 24.0 Å². The molecule has 0 aromatic carbocycles. The number of hydrogen-bond donors (Lipinski definition) is 1. The van der Waals surface area contributed by atoms with E-state index in [9.17, 15) is 0 Å². The number of hydrogen-bond acceptors (Lipinski definition) is 3. The van der Waals surface area contributed by atoms with Gasteiger partial charge < -0.3 is 5.73 Å². The van der Waals surface area contributed by atoms with Crippen LogP contribution in [0.5, 0.6) is 0 Å². The number of amidine groups is 1. The molecule has 0 fully saturated rings. The quantitative estimate of drug-likeness (QED) is 0.587. The standard InChI is InChI=1S/C9H13N3/c1-8-3-4-9(12-7-8)11-6-2-5-10/h2,5-7H,3-4,10H2,1H3/b5-2-,11-6-. The first kappa shape index (κ1) is 8.71. The van der Waals surface area contributed by atoms with E-state index in [2.05, 4.69) is 16.9 Å². The Kier molecular flexibility index (Phi) is 3.26. The molecule has 0 atom stereocenters. The molecule has 3 heteroatoms. The second-order valence-electron chi connectivity index (χ2n) is 2.68. The predicted molar refractivity (Wildman–Crippen MR) is 52.2 cm³/mol. The van der Waals surface area contributed by atoms with E-state index in [1.165, 1.54) is 11.8 Å². The minimum absolute atomic E-state index is 0.874. The van der Waals surface area contributed by atoms with E-state index in [-0.39, 0.29) is 0 Å². The molecule has 64 valence electrons. The maximum atomic E-state index is 5.14. The van der Waals surface area contributed by atoms with E-state index in [4.69, 9.17) is 5.73 Å². The predicted octanol–water partition coefficient (Wildman–Crippen LogP) is 1.63. The fraction of sp³-hybridized carbons (Fsp3) is 0.333. The molecule has 1 aliphatic heterocycles. The van der Waals surface area contributed by atoms with Crippen LogP contribution in [0.2, 0.25) is 0 Å². The van der Waals surface area contributed by atoms with Crippen molar-refractivity contribution in [1.82, 2.24) is 0 Å². The van der Waals surface area contributed by atoms with Crippen LogP contribution < -0.4 is 5.73 Å². The lowest BCUT2D eigenvalue weighted by Crippen LogP contribution is -1.98. The molecule has 0 amide bonds. The Morgan fingerprint density at radius 2 is 2.42 bits per heavy atom. The van der Waals surface area contributed by atoms with Gasteiger partial charge in [-0.2, -0.15) is 0 Å². The summed E-state index contributed by atoms with van der Waals surface area (Å²) in [6.07, 6.45) is 8.65. The number of nitrogens with zero attached hydrogens (tertiary/aromatic N) is 2. The van der Waals surface area contributed by atoms with E-state index < -0.39 is 0 Å². The molecule has 0 unspecified atom stereocenters. The Bertz CT molecular complexity index is 259. The third-order valence-corrected chi connectivity index (χ3v) is 1.60. The largest absolute Gasteiger partial charge is 0.405 e. The summed E-state index contributed by atoms with van der Waals surface area (Å²) in [5.41, 5.74) is 6.45. The lowest BCUT2D eigenvalue weighted by Gasteiger charge is -2.05. The van der Waals surface area contributed by atoms with Crippen molar-refractivity contribution in [2.45, 2.75) is 19.8 Å². The van der Waals surface area contributed by atoms with Crippen molar-refractivity contribution in [1.29, 1.82) is 0 Å². The second-order valence-corrected chi connectivity index (χ2v) is 2.68. The molecule has 1 heterocycles. The average Bonchev–Trinajstić information content (AvgIpc) is 2.09. The molecule has 0 spiro atoms. The van der Waals surface area contributed by atoms with Crippen LogP contribution in [0.3, 0.4) is 0 Å². The summed E-state index contributed by atoms with van der Waals surface area (Å²) in [4.78, 5) is 8.29. The summed E-state index contributed by atoms with van der Waals surface area (Å²) < 4.78 is 0. The van der Waals surface area contributed by atoms with E-state index >= 15 is 0 Å². The topological polar surface area (TPSA) is 50.7 Å². The van der Waals surface area contributed by atoms with Crippen LogP contribution in [-0.2, 0) is 0 Å². The molecule has 0 aromatic rings. The zero-order chi connectivity index (χ0) is 8.81. The summed E-state index contributed by atoms with van der Waals surface area (Å²) in [5, 5.41) is 0. The van der Waals surface area contributed by atoms with Gasteiger partial charge in [0.15, 0.2) is 0 Å². The highest BCUT2D eigenvalue weighted by Crippen LogP contribution is 2.11. The van der Waals surface area contributed by atoms with Gasteiger partial charge in [-0.15, -0.1) is 0 Å². The fourth-order valence-corrected chi connectivity index (χ4v) is 0.899. The number of aliphatic imine (C=N–C) groups is 2. The van der Waals surface area contributed by atoms with E-state index in [0.29, 0.717) is 0 Å². The highest BCUT2D eigenvalue weighted by atomic mass is 14.9. The number of nitrogens with two attached hydrogens (primary N) is 1. The smallest absolute Gasteiger partial charge is 0.128 e. The van der Waals surface area contributed by atoms with Gasteiger partial charge in [0.1, 0.15) is 5.84 Å². The summed E-state index contributed by atoms with van der Waals surface area (Å²) in [5.74, 6) is 0.874. The van der Waals surface area contributed by atoms with Crippen molar-refractivity contribution in [2.75, 3.05) is 0 Å². The summed E-state index contributed by atoms with van der Waals surface area (Å²) in [6.45, 7) is 2.07. The molecule has 3 nitrogen and oxygen atoms in total. The zero-order valence-electron chi connectivity index (χ0n) is 7.20. The zero-order valence-corrected chi connectivity index (χ0v) is 7.20. The van der Waals surface area contributed by atoms with Gasteiger partial charge in [-0.1, -0.05) is 5.57 Å². The molecule has 0 radical (unpaired) electrons. The first-order valence-electron chi connectivity index (χ1n) is 3.96. The molecule has 0 bridgehead atoms. The molecular formula is C9H13N3. The minimum Gasteiger partial charge on any atom is -0.405 e. The van der Waals surface area contributed by atoms with Crippen molar-refractivity contribution >= 4 is 12.1 Å². The van der Waals surface area contributed by atoms with Gasteiger partial charge in [-0.3, -0.25) is 0 Å². The SMILES string of the molecule is CC1=CN=C(/N=C\C=C/N)CC1. The fourth-order valence-electron chi connectivity index (χ4n) is 0.899. The van der Waals surface area contributed by atoms with Crippen LogP contribution in [0.15, 0.2) is 34.0 Å². The van der Waals surface area contributed by atoms with Crippen molar-refractivity contribution in [3.63, 3.8) is 0 Å². The van der Waals surface area contributed by atoms with E-state index in [0.717, 1.165) is 18.7 Å². The van der Waals surface area contributed by atoms with Crippen molar-refractivity contribution in [3.8, 4) is 0 Å². The lowest BCUT2D eigenvalue weighted by molar-refractivity contribution is 0.967. The number of allylic oxidation sites excluding steroid dienone is 2. The van der Waals surface area contributed by atoms with Gasteiger partial charge in [0.05, 0.1) is 0 Å². The van der Waals surface area contributed by atoms with E-state index in [1.807, 2.05) is 6.20 Å². The Morgan fingerprint density at radius 3 is 3.00 bits per heavy atom. The second kappa shape index (κ2) is 4.49. The summed E-state index contributed by atoms with van der Waals surface area (Å²) in [6, 6.07) is 0. The van der Waals surface area contributed by atoms with Gasteiger partial charge in [0, 0.05) is 18.8 Å². The molecule has 0 saturated heterocycles. The van der Waals surface area contributed by atoms with Gasteiger partial charge in [-0.25, -0.2) is 9.98 Å². The molecule has 0 saturated carbocycles. The minimum atomic E-state index is 0.874. The Balaban J connectivity index is 2.54. The number of rotatable bonds is 1. The third kappa shape index (κ3) is 2.70. The van der Waals surface area contributed by atoms with Crippen LogP contribution >= 0.6 is 0 Å². The maximum absolute atomic E-state index is 5.14. The van der Waals surface area contributed by atoms with Crippen LogP contribution in [-0.4, -0.2) is 12.1 Å². The van der Waals surface area contributed by atoms with Gasteiger partial charge in [-0.05, 0) is 25.6 Å². The summed E-state index contributed by atoms with van der Waals surface area (Å²) in [7, 11) is 0. The average molecular weight is 163 g/mol. The maximum Gasteiger partial charge on any atom is 0.128 e. The van der Waals surface area contributed by atoms with Crippen LogP contribution in [0, 0.1) is 0 Å². The molecule has 0 aliphatic carbocycles. The Hall–Kier alpha value is -1.38.